The van der Waals surface area contributed by atoms with Crippen LogP contribution in [0.4, 0.5) is 0 Å². The minimum Gasteiger partial charge on any atom is -0.756 e. The molecule has 0 aromatic rings. The Morgan fingerprint density at radius 1 is 0.321 bits per heavy atom. The molecule has 0 saturated heterocycles. The molecule has 0 N–H and O–H groups in total. The number of carbonyl (C=O) groups excluding carboxylic acids is 2. The summed E-state index contributed by atoms with van der Waals surface area (Å²) in [5, 5.41) is 0. The van der Waals surface area contributed by atoms with E-state index in [-0.39, 0.29) is 32.0 Å². The van der Waals surface area contributed by atoms with Crippen LogP contribution in [0, 0.1) is 0 Å². The molecule has 0 aromatic carbocycles. The molecule has 502 valence electrons. The van der Waals surface area contributed by atoms with Crippen molar-refractivity contribution < 1.29 is 42.1 Å². The summed E-state index contributed by atoms with van der Waals surface area (Å²) < 4.78 is 34.4. The largest absolute Gasteiger partial charge is 0.756 e. The molecule has 0 aliphatic carbocycles. The predicted molar refractivity (Wildman–Crippen MR) is 361 cm³/mol. The number of rotatable bonds is 72. The highest BCUT2D eigenvalue weighted by Gasteiger charge is 2.22. The Balaban J connectivity index is 3.88. The lowest BCUT2D eigenvalue weighted by Gasteiger charge is -2.28. The van der Waals surface area contributed by atoms with Crippen LogP contribution >= 0.6 is 7.82 Å². The van der Waals surface area contributed by atoms with Gasteiger partial charge in [-0.15, -0.1) is 0 Å². The highest BCUT2D eigenvalue weighted by Crippen LogP contribution is 2.38. The summed E-state index contributed by atoms with van der Waals surface area (Å²) in [6.07, 6.45) is 80.8. The van der Waals surface area contributed by atoms with Crippen LogP contribution in [-0.2, 0) is 32.7 Å². The third kappa shape index (κ3) is 70.1. The van der Waals surface area contributed by atoms with Gasteiger partial charge in [-0.3, -0.25) is 14.2 Å². The lowest BCUT2D eigenvalue weighted by atomic mass is 10.0. The number of phosphoric ester groups is 1. The Bertz CT molecular complexity index is 1370. The van der Waals surface area contributed by atoms with Crippen molar-refractivity contribution in [3.05, 3.63) is 0 Å². The van der Waals surface area contributed by atoms with E-state index in [0.717, 1.165) is 32.1 Å². The van der Waals surface area contributed by atoms with Crippen molar-refractivity contribution >= 4 is 19.8 Å². The summed E-state index contributed by atoms with van der Waals surface area (Å²) in [4.78, 5) is 38.1. The Morgan fingerprint density at radius 3 is 0.762 bits per heavy atom. The Hall–Kier alpha value is -0.990. The molecule has 2 atom stereocenters. The zero-order valence-corrected chi connectivity index (χ0v) is 58.3. The number of hydrogen-bond acceptors (Lipinski definition) is 8. The molecule has 2 unspecified atom stereocenters. The molecule has 0 fully saturated rings. The zero-order chi connectivity index (χ0) is 61.2. The lowest BCUT2D eigenvalue weighted by molar-refractivity contribution is -0.870. The van der Waals surface area contributed by atoms with Gasteiger partial charge in [-0.1, -0.05) is 386 Å². The minimum absolute atomic E-state index is 0.0247. The van der Waals surface area contributed by atoms with E-state index < -0.39 is 26.5 Å². The second kappa shape index (κ2) is 66.4. The smallest absolute Gasteiger partial charge is 0.306 e. The van der Waals surface area contributed by atoms with Gasteiger partial charge < -0.3 is 27.9 Å². The normalized spacial score (nSPS) is 13.0. The van der Waals surface area contributed by atoms with Crippen molar-refractivity contribution in [2.45, 2.75) is 418 Å². The standard InChI is InChI=1S/C74H148NO8P/c1-6-8-10-12-14-16-18-20-22-24-26-28-30-31-32-33-34-35-36-37-38-39-40-41-42-43-45-47-49-51-53-55-57-59-61-63-65-67-74(77)83-72(71-82-84(78,79)81-69-68-75(3,4)5)70-80-73(76)66-64-62-60-58-56-54-52-50-48-46-44-29-27-25-23-21-19-17-15-13-11-9-7-2/h72H,6-71H2,1-5H3. The molecule has 10 heteroatoms. The first-order valence-electron chi connectivity index (χ1n) is 37.7. The lowest BCUT2D eigenvalue weighted by Crippen LogP contribution is -2.37. The van der Waals surface area contributed by atoms with Crippen LogP contribution in [-0.4, -0.2) is 70.0 Å². The summed E-state index contributed by atoms with van der Waals surface area (Å²) in [5.74, 6) is -0.802. The monoisotopic (exact) mass is 1210 g/mol. The maximum absolute atomic E-state index is 12.9. The first-order chi connectivity index (χ1) is 41.0. The van der Waals surface area contributed by atoms with Crippen LogP contribution in [0.15, 0.2) is 0 Å². The van der Waals surface area contributed by atoms with Crippen LogP contribution < -0.4 is 4.89 Å². The van der Waals surface area contributed by atoms with Crippen molar-refractivity contribution in [3.63, 3.8) is 0 Å². The van der Waals surface area contributed by atoms with Crippen LogP contribution in [0.3, 0.4) is 0 Å². The number of ether oxygens (including phenoxy) is 2. The summed E-state index contributed by atoms with van der Waals surface area (Å²) in [6, 6.07) is 0. The first-order valence-corrected chi connectivity index (χ1v) is 39.2. The number of carbonyl (C=O) groups is 2. The van der Waals surface area contributed by atoms with E-state index in [2.05, 4.69) is 13.8 Å². The number of phosphoric acid groups is 1. The van der Waals surface area contributed by atoms with Gasteiger partial charge in [0.1, 0.15) is 19.8 Å². The van der Waals surface area contributed by atoms with Gasteiger partial charge in [-0.2, -0.15) is 0 Å². The van der Waals surface area contributed by atoms with E-state index in [1.165, 1.54) is 347 Å². The predicted octanol–water partition coefficient (Wildman–Crippen LogP) is 23.9. The van der Waals surface area contributed by atoms with Gasteiger partial charge in [-0.05, 0) is 12.8 Å². The molecule has 0 bridgehead atoms. The van der Waals surface area contributed by atoms with Gasteiger partial charge in [0.05, 0.1) is 27.7 Å². The molecule has 0 aromatic heterocycles. The average molecular weight is 1210 g/mol. The molecule has 0 radical (unpaired) electrons. The van der Waals surface area contributed by atoms with Crippen LogP contribution in [0.25, 0.3) is 0 Å². The Kier molecular flexibility index (Phi) is 65.6. The molecule has 0 saturated carbocycles. The fourth-order valence-corrected chi connectivity index (χ4v) is 12.6. The molecular weight excluding hydrogens is 1060 g/mol. The van der Waals surface area contributed by atoms with Gasteiger partial charge in [-0.25, -0.2) is 0 Å². The van der Waals surface area contributed by atoms with Crippen molar-refractivity contribution in [3.8, 4) is 0 Å². The van der Waals surface area contributed by atoms with Crippen LogP contribution in [0.2, 0.25) is 0 Å². The van der Waals surface area contributed by atoms with Gasteiger partial charge in [0, 0.05) is 12.8 Å². The van der Waals surface area contributed by atoms with Gasteiger partial charge in [0.15, 0.2) is 6.10 Å². The number of hydrogen-bond donors (Lipinski definition) is 0. The quantitative estimate of drug-likeness (QED) is 0.0256. The van der Waals surface area contributed by atoms with Crippen LogP contribution in [0.1, 0.15) is 412 Å². The maximum atomic E-state index is 12.9. The van der Waals surface area contributed by atoms with E-state index in [4.69, 9.17) is 18.5 Å². The summed E-state index contributed by atoms with van der Waals surface area (Å²) in [6.45, 7) is 4.34. The van der Waals surface area contributed by atoms with Crippen LogP contribution in [0.5, 0.6) is 0 Å². The minimum atomic E-state index is -4.64. The van der Waals surface area contributed by atoms with Crippen molar-refractivity contribution in [2.75, 3.05) is 47.5 Å². The second-order valence-electron chi connectivity index (χ2n) is 27.4. The number of nitrogens with zero attached hydrogens (tertiary/aromatic N) is 1. The second-order valence-corrected chi connectivity index (χ2v) is 28.8. The molecule has 0 spiro atoms. The third-order valence-corrected chi connectivity index (χ3v) is 18.6. The number of likely N-dealkylation sites (N-methyl/N-ethyl adjacent to an activating group) is 1. The summed E-state index contributed by atoms with van der Waals surface area (Å²) in [7, 11) is 1.20. The first kappa shape index (κ1) is 83.0. The fourth-order valence-electron chi connectivity index (χ4n) is 11.8. The number of quaternary nitrogens is 1. The maximum Gasteiger partial charge on any atom is 0.306 e. The van der Waals surface area contributed by atoms with E-state index in [9.17, 15) is 19.0 Å². The number of esters is 2. The van der Waals surface area contributed by atoms with E-state index >= 15 is 0 Å². The molecule has 0 aliphatic heterocycles. The zero-order valence-electron chi connectivity index (χ0n) is 57.4. The van der Waals surface area contributed by atoms with E-state index in [0.29, 0.717) is 17.4 Å². The van der Waals surface area contributed by atoms with Crippen molar-refractivity contribution in [1.29, 1.82) is 0 Å². The Morgan fingerprint density at radius 2 is 0.536 bits per heavy atom. The molecular formula is C74H148NO8P. The van der Waals surface area contributed by atoms with Crippen molar-refractivity contribution in [1.82, 2.24) is 0 Å². The molecule has 0 heterocycles. The topological polar surface area (TPSA) is 111 Å². The highest BCUT2D eigenvalue weighted by atomic mass is 31.2. The average Bonchev–Trinajstić information content (AvgIpc) is 3.61. The van der Waals surface area contributed by atoms with Crippen molar-refractivity contribution in [2.24, 2.45) is 0 Å². The number of unbranched alkanes of at least 4 members (excludes halogenated alkanes) is 58. The SMILES string of the molecule is CCCCCCCCCCCCCCCCCCCCCCCCCCCCCCCCCCCCCCCC(=O)OC(COC(=O)CCCCCCCCCCCCCCCCCCCCCCCCC)COP(=O)([O-])OCC[N+](C)(C)C. The van der Waals surface area contributed by atoms with E-state index in [1.54, 1.807) is 0 Å². The summed E-state index contributed by atoms with van der Waals surface area (Å²) in [5.41, 5.74) is 0. The molecule has 0 aliphatic rings. The van der Waals surface area contributed by atoms with Gasteiger partial charge in [0.25, 0.3) is 7.82 Å². The molecule has 84 heavy (non-hydrogen) atoms. The van der Waals surface area contributed by atoms with Gasteiger partial charge >= 0.3 is 11.9 Å². The molecule has 0 amide bonds. The Labute approximate surface area is 524 Å². The van der Waals surface area contributed by atoms with E-state index in [1.807, 2.05) is 21.1 Å². The third-order valence-electron chi connectivity index (χ3n) is 17.6. The molecule has 9 nitrogen and oxygen atoms in total. The highest BCUT2D eigenvalue weighted by molar-refractivity contribution is 7.45. The fraction of sp³-hybridized carbons (Fsp3) is 0.973. The van der Waals surface area contributed by atoms with Gasteiger partial charge in [0.2, 0.25) is 0 Å². The molecule has 0 rings (SSSR count). The summed E-state index contributed by atoms with van der Waals surface area (Å²) >= 11 is 0.